The van der Waals surface area contributed by atoms with Crippen LogP contribution in [0.5, 0.6) is 0 Å². The molecule has 1 aromatic carbocycles. The number of hydrogen-bond acceptors (Lipinski definition) is 2. The SMILES string of the molecule is CCCN=NNc1cc(Cl)cc(Cl)c1. The van der Waals surface area contributed by atoms with Crippen LogP contribution in [0.3, 0.4) is 0 Å². The summed E-state index contributed by atoms with van der Waals surface area (Å²) in [6.45, 7) is 2.75. The number of benzene rings is 1. The normalized spacial score (nSPS) is 10.8. The maximum atomic E-state index is 5.79. The molecule has 5 heteroatoms. The van der Waals surface area contributed by atoms with E-state index in [1.54, 1.807) is 18.2 Å². The van der Waals surface area contributed by atoms with Crippen molar-refractivity contribution in [1.82, 2.24) is 0 Å². The highest BCUT2D eigenvalue weighted by atomic mass is 35.5. The highest BCUT2D eigenvalue weighted by Gasteiger charge is 1.95. The van der Waals surface area contributed by atoms with Gasteiger partial charge in [0.2, 0.25) is 0 Å². The summed E-state index contributed by atoms with van der Waals surface area (Å²) in [7, 11) is 0. The predicted molar refractivity (Wildman–Crippen MR) is 60.1 cm³/mol. The summed E-state index contributed by atoms with van der Waals surface area (Å²) in [5.41, 5.74) is 3.49. The molecule has 0 saturated carbocycles. The number of hydrogen-bond donors (Lipinski definition) is 1. The lowest BCUT2D eigenvalue weighted by atomic mass is 10.3. The van der Waals surface area contributed by atoms with Crippen LogP contribution in [0.15, 0.2) is 28.5 Å². The Morgan fingerprint density at radius 2 is 1.86 bits per heavy atom. The second-order valence-electron chi connectivity index (χ2n) is 2.73. The highest BCUT2D eigenvalue weighted by molar-refractivity contribution is 6.35. The van der Waals surface area contributed by atoms with E-state index in [4.69, 9.17) is 23.2 Å². The van der Waals surface area contributed by atoms with Gasteiger partial charge in [0.25, 0.3) is 0 Å². The van der Waals surface area contributed by atoms with Crippen molar-refractivity contribution in [1.29, 1.82) is 0 Å². The first-order valence-corrected chi connectivity index (χ1v) is 5.06. The van der Waals surface area contributed by atoms with Gasteiger partial charge in [0.1, 0.15) is 0 Å². The second kappa shape index (κ2) is 5.83. The molecule has 1 rings (SSSR count). The molecule has 0 heterocycles. The zero-order valence-electron chi connectivity index (χ0n) is 7.80. The van der Waals surface area contributed by atoms with Crippen LogP contribution in [0.25, 0.3) is 0 Å². The van der Waals surface area contributed by atoms with Gasteiger partial charge in [-0.1, -0.05) is 35.3 Å². The Hall–Kier alpha value is -0.800. The summed E-state index contributed by atoms with van der Waals surface area (Å²) in [6.07, 6.45) is 0.974. The molecule has 0 aliphatic heterocycles. The van der Waals surface area contributed by atoms with E-state index in [2.05, 4.69) is 15.8 Å². The molecule has 0 fully saturated rings. The summed E-state index contributed by atoms with van der Waals surface area (Å²) >= 11 is 11.6. The van der Waals surface area contributed by atoms with Crippen LogP contribution in [0, 0.1) is 0 Å². The molecular formula is C9H11Cl2N3. The molecule has 0 aliphatic rings. The van der Waals surface area contributed by atoms with Crippen LogP contribution in [0.4, 0.5) is 5.69 Å². The quantitative estimate of drug-likeness (QED) is 0.613. The van der Waals surface area contributed by atoms with E-state index < -0.39 is 0 Å². The van der Waals surface area contributed by atoms with Crippen molar-refractivity contribution in [3.8, 4) is 0 Å². The van der Waals surface area contributed by atoms with Crippen molar-refractivity contribution < 1.29 is 0 Å². The summed E-state index contributed by atoms with van der Waals surface area (Å²) in [5, 5.41) is 8.79. The predicted octanol–water partition coefficient (Wildman–Crippen LogP) is 4.18. The van der Waals surface area contributed by atoms with Gasteiger partial charge in [0.05, 0.1) is 12.2 Å². The second-order valence-corrected chi connectivity index (χ2v) is 3.61. The minimum absolute atomic E-state index is 0.575. The number of halogens is 2. The fraction of sp³-hybridized carbons (Fsp3) is 0.333. The van der Waals surface area contributed by atoms with Crippen LogP contribution in [-0.2, 0) is 0 Å². The average molecular weight is 232 g/mol. The van der Waals surface area contributed by atoms with Crippen LogP contribution in [-0.4, -0.2) is 6.54 Å². The minimum Gasteiger partial charge on any atom is -0.260 e. The topological polar surface area (TPSA) is 36.8 Å². The molecular weight excluding hydrogens is 221 g/mol. The van der Waals surface area contributed by atoms with Crippen LogP contribution >= 0.6 is 23.2 Å². The molecule has 0 amide bonds. The molecule has 76 valence electrons. The zero-order chi connectivity index (χ0) is 10.4. The van der Waals surface area contributed by atoms with E-state index in [9.17, 15) is 0 Å². The van der Waals surface area contributed by atoms with Gasteiger partial charge in [0, 0.05) is 10.0 Å². The van der Waals surface area contributed by atoms with Crippen LogP contribution in [0.1, 0.15) is 13.3 Å². The van der Waals surface area contributed by atoms with Gasteiger partial charge in [-0.25, -0.2) is 0 Å². The van der Waals surface area contributed by atoms with Crippen LogP contribution < -0.4 is 5.43 Å². The molecule has 0 atom stereocenters. The lowest BCUT2D eigenvalue weighted by molar-refractivity contribution is 0.858. The minimum atomic E-state index is 0.575. The van der Waals surface area contributed by atoms with Gasteiger partial charge >= 0.3 is 0 Å². The molecule has 0 aliphatic carbocycles. The van der Waals surface area contributed by atoms with E-state index in [1.165, 1.54) is 0 Å². The summed E-state index contributed by atoms with van der Waals surface area (Å²) < 4.78 is 0. The molecule has 3 nitrogen and oxygen atoms in total. The number of nitrogens with zero attached hydrogens (tertiary/aromatic N) is 2. The van der Waals surface area contributed by atoms with Gasteiger partial charge in [-0.05, 0) is 24.6 Å². The fourth-order valence-corrected chi connectivity index (χ4v) is 1.39. The number of nitrogens with one attached hydrogen (secondary N) is 1. The Labute approximate surface area is 93.1 Å². The van der Waals surface area contributed by atoms with Crippen molar-refractivity contribution in [2.45, 2.75) is 13.3 Å². The van der Waals surface area contributed by atoms with Gasteiger partial charge in [0.15, 0.2) is 0 Å². The Bertz CT molecular complexity index is 306. The molecule has 0 aromatic heterocycles. The van der Waals surface area contributed by atoms with Crippen molar-refractivity contribution in [3.05, 3.63) is 28.2 Å². The summed E-state index contributed by atoms with van der Waals surface area (Å²) in [4.78, 5) is 0. The molecule has 0 bridgehead atoms. The third-order valence-corrected chi connectivity index (χ3v) is 1.87. The summed E-state index contributed by atoms with van der Waals surface area (Å²) in [6, 6.07) is 5.13. The van der Waals surface area contributed by atoms with Gasteiger partial charge in [-0.3, -0.25) is 5.43 Å². The lowest BCUT2D eigenvalue weighted by Crippen LogP contribution is -1.87. The van der Waals surface area contributed by atoms with E-state index in [1.807, 2.05) is 6.92 Å². The molecule has 0 unspecified atom stereocenters. The van der Waals surface area contributed by atoms with Gasteiger partial charge < -0.3 is 0 Å². The standard InChI is InChI=1S/C9H11Cl2N3/c1-2-3-12-14-13-9-5-7(10)4-8(11)6-9/h4-6H,2-3H2,1H3,(H,12,13). The molecule has 1 N–H and O–H groups in total. The molecule has 1 aromatic rings. The van der Waals surface area contributed by atoms with Gasteiger partial charge in [-0.2, -0.15) is 5.11 Å². The Morgan fingerprint density at radius 3 is 2.43 bits per heavy atom. The first-order valence-electron chi connectivity index (χ1n) is 4.31. The Balaban J connectivity index is 2.58. The van der Waals surface area contributed by atoms with Crippen LogP contribution in [0.2, 0.25) is 10.0 Å². The van der Waals surface area contributed by atoms with Crippen molar-refractivity contribution in [3.63, 3.8) is 0 Å². The van der Waals surface area contributed by atoms with Crippen molar-refractivity contribution in [2.75, 3.05) is 12.0 Å². The maximum absolute atomic E-state index is 5.79. The third kappa shape index (κ3) is 3.94. The smallest absolute Gasteiger partial charge is 0.0617 e. The maximum Gasteiger partial charge on any atom is 0.0617 e. The highest BCUT2D eigenvalue weighted by Crippen LogP contribution is 2.22. The molecule has 14 heavy (non-hydrogen) atoms. The Morgan fingerprint density at radius 1 is 1.21 bits per heavy atom. The Kier molecular flexibility index (Phi) is 4.70. The zero-order valence-corrected chi connectivity index (χ0v) is 9.31. The van der Waals surface area contributed by atoms with Gasteiger partial charge in [-0.15, -0.1) is 0 Å². The van der Waals surface area contributed by atoms with E-state index in [-0.39, 0.29) is 0 Å². The number of rotatable bonds is 4. The first kappa shape index (κ1) is 11.3. The average Bonchev–Trinajstić information content (AvgIpc) is 2.11. The molecule has 0 radical (unpaired) electrons. The third-order valence-electron chi connectivity index (χ3n) is 1.44. The fourth-order valence-electron chi connectivity index (χ4n) is 0.861. The first-order chi connectivity index (χ1) is 6.72. The van der Waals surface area contributed by atoms with E-state index in [0.717, 1.165) is 12.1 Å². The lowest BCUT2D eigenvalue weighted by Gasteiger charge is -2.00. The van der Waals surface area contributed by atoms with E-state index in [0.29, 0.717) is 16.6 Å². The largest absolute Gasteiger partial charge is 0.260 e. The van der Waals surface area contributed by atoms with Crippen molar-refractivity contribution >= 4 is 28.9 Å². The van der Waals surface area contributed by atoms with Crippen molar-refractivity contribution in [2.24, 2.45) is 10.3 Å². The molecule has 0 spiro atoms. The van der Waals surface area contributed by atoms with E-state index >= 15 is 0 Å². The molecule has 0 saturated heterocycles. The monoisotopic (exact) mass is 231 g/mol. The number of anilines is 1. The summed E-state index contributed by atoms with van der Waals surface area (Å²) in [5.74, 6) is 0.